The first-order valence-corrected chi connectivity index (χ1v) is 11.1. The highest BCUT2D eigenvalue weighted by molar-refractivity contribution is 7.89. The van der Waals surface area contributed by atoms with Crippen molar-refractivity contribution in [2.75, 3.05) is 49.9 Å². The fourth-order valence-electron chi connectivity index (χ4n) is 3.30. The zero-order valence-electron chi connectivity index (χ0n) is 17.0. The van der Waals surface area contributed by atoms with E-state index in [2.05, 4.69) is 15.2 Å². The van der Waals surface area contributed by atoms with Gasteiger partial charge >= 0.3 is 0 Å². The highest BCUT2D eigenvalue weighted by atomic mass is 35.5. The Bertz CT molecular complexity index is 701. The number of anilines is 1. The van der Waals surface area contributed by atoms with Gasteiger partial charge in [0.25, 0.3) is 0 Å². The van der Waals surface area contributed by atoms with Gasteiger partial charge in [-0.05, 0) is 25.0 Å². The molecule has 2 heterocycles. The first kappa shape index (κ1) is 27.9. The van der Waals surface area contributed by atoms with Crippen LogP contribution in [0.1, 0.15) is 26.7 Å². The molecule has 29 heavy (non-hydrogen) atoms. The summed E-state index contributed by atoms with van der Waals surface area (Å²) in [5.41, 5.74) is 5.16. The molecule has 1 amide bonds. The Morgan fingerprint density at radius 2 is 1.79 bits per heavy atom. The summed E-state index contributed by atoms with van der Waals surface area (Å²) < 4.78 is 26.7. The molecule has 0 atom stereocenters. The summed E-state index contributed by atoms with van der Waals surface area (Å²) in [6.45, 7) is 6.25. The number of carbonyl (C=O) groups excluding carboxylic acids is 1. The number of carbonyl (C=O) groups is 1. The summed E-state index contributed by atoms with van der Waals surface area (Å²) in [7, 11) is -3.41. The van der Waals surface area contributed by atoms with Crippen LogP contribution in [0.25, 0.3) is 0 Å². The Hall–Kier alpha value is -1.13. The maximum absolute atomic E-state index is 12.6. The quantitative estimate of drug-likeness (QED) is 0.563. The van der Waals surface area contributed by atoms with E-state index in [1.165, 1.54) is 4.31 Å². The number of nitrogens with two attached hydrogens (primary N) is 1. The van der Waals surface area contributed by atoms with Crippen LogP contribution >= 0.6 is 24.8 Å². The molecule has 0 spiro atoms. The van der Waals surface area contributed by atoms with Crippen molar-refractivity contribution in [3.63, 3.8) is 0 Å². The number of nitrogens with zero attached hydrogens (tertiary/aromatic N) is 3. The summed E-state index contributed by atoms with van der Waals surface area (Å²) in [6.07, 6.45) is 3.00. The van der Waals surface area contributed by atoms with Gasteiger partial charge in [0.15, 0.2) is 0 Å². The molecule has 8 nitrogen and oxygen atoms in total. The summed E-state index contributed by atoms with van der Waals surface area (Å²) in [5, 5.41) is 2.76. The van der Waals surface area contributed by atoms with E-state index < -0.39 is 15.4 Å². The Morgan fingerprint density at radius 1 is 1.17 bits per heavy atom. The molecule has 168 valence electrons. The number of rotatable bonds is 9. The largest absolute Gasteiger partial charge is 0.355 e. The van der Waals surface area contributed by atoms with Crippen molar-refractivity contribution in [1.29, 1.82) is 0 Å². The van der Waals surface area contributed by atoms with Crippen molar-refractivity contribution in [2.24, 2.45) is 11.1 Å². The number of halogens is 2. The highest BCUT2D eigenvalue weighted by Crippen LogP contribution is 2.24. The zero-order valence-corrected chi connectivity index (χ0v) is 19.5. The number of piperazine rings is 1. The van der Waals surface area contributed by atoms with Gasteiger partial charge in [0.2, 0.25) is 15.9 Å². The second-order valence-electron chi connectivity index (χ2n) is 6.84. The molecule has 3 N–H and O–H groups in total. The minimum atomic E-state index is -3.41. The van der Waals surface area contributed by atoms with Crippen molar-refractivity contribution in [3.05, 3.63) is 24.4 Å². The summed E-state index contributed by atoms with van der Waals surface area (Å²) in [6, 6.07) is 5.70. The molecule has 0 aromatic carbocycles. The molecule has 0 radical (unpaired) electrons. The summed E-state index contributed by atoms with van der Waals surface area (Å²) in [5.74, 6) is 0.598. The third kappa shape index (κ3) is 6.96. The van der Waals surface area contributed by atoms with Crippen LogP contribution in [0.15, 0.2) is 24.4 Å². The molecule has 1 aliphatic rings. The van der Waals surface area contributed by atoms with Crippen molar-refractivity contribution < 1.29 is 13.2 Å². The van der Waals surface area contributed by atoms with E-state index in [0.29, 0.717) is 39.0 Å². The van der Waals surface area contributed by atoms with Crippen molar-refractivity contribution in [1.82, 2.24) is 14.6 Å². The Morgan fingerprint density at radius 3 is 2.28 bits per heavy atom. The SMILES string of the molecule is CCC(CC)(CN)C(=O)NCCS(=O)(=O)N1CCN(c2ccccn2)CC1.Cl.Cl. The average Bonchev–Trinajstić information content (AvgIpc) is 2.70. The lowest BCUT2D eigenvalue weighted by Crippen LogP contribution is -2.51. The molecule has 1 aliphatic heterocycles. The lowest BCUT2D eigenvalue weighted by molar-refractivity contribution is -0.130. The van der Waals surface area contributed by atoms with Gasteiger partial charge in [-0.3, -0.25) is 4.79 Å². The number of hydrogen-bond acceptors (Lipinski definition) is 6. The van der Waals surface area contributed by atoms with E-state index >= 15 is 0 Å². The standard InChI is InChI=1S/C18H31N5O3S.2ClH/c1-3-18(4-2,15-19)17(24)21-9-14-27(25,26)23-12-10-22(11-13-23)16-7-5-6-8-20-16;;/h5-8H,3-4,9-15,19H2,1-2H3,(H,21,24);2*1H. The number of nitrogens with one attached hydrogen (secondary N) is 1. The van der Waals surface area contributed by atoms with Crippen LogP contribution < -0.4 is 16.0 Å². The molecule has 0 bridgehead atoms. The fourth-order valence-corrected chi connectivity index (χ4v) is 4.64. The van der Waals surface area contributed by atoms with Crippen LogP contribution in [0.3, 0.4) is 0 Å². The van der Waals surface area contributed by atoms with Gasteiger partial charge in [0.1, 0.15) is 5.82 Å². The van der Waals surface area contributed by atoms with E-state index in [1.807, 2.05) is 32.0 Å². The fraction of sp³-hybridized carbons (Fsp3) is 0.667. The molecule has 1 aromatic rings. The van der Waals surface area contributed by atoms with Gasteiger partial charge in [-0.1, -0.05) is 19.9 Å². The molecule has 2 rings (SSSR count). The van der Waals surface area contributed by atoms with Gasteiger partial charge in [-0.25, -0.2) is 13.4 Å². The van der Waals surface area contributed by atoms with E-state index in [-0.39, 0.29) is 49.6 Å². The topological polar surface area (TPSA) is 109 Å². The van der Waals surface area contributed by atoms with Crippen LogP contribution in [0.2, 0.25) is 0 Å². The van der Waals surface area contributed by atoms with Crippen molar-refractivity contribution in [2.45, 2.75) is 26.7 Å². The molecule has 1 aromatic heterocycles. The number of amides is 1. The van der Waals surface area contributed by atoms with Crippen LogP contribution in [0, 0.1) is 5.41 Å². The number of hydrogen-bond donors (Lipinski definition) is 2. The lowest BCUT2D eigenvalue weighted by Gasteiger charge is -2.34. The predicted molar refractivity (Wildman–Crippen MR) is 121 cm³/mol. The Kier molecular flexibility index (Phi) is 12.1. The molecular formula is C18H33Cl2N5O3S. The zero-order chi connectivity index (χ0) is 19.9. The Balaban J connectivity index is 0.00000392. The minimum absolute atomic E-state index is 0. The number of pyridine rings is 1. The second-order valence-corrected chi connectivity index (χ2v) is 8.93. The van der Waals surface area contributed by atoms with Crippen LogP contribution in [-0.4, -0.2) is 68.6 Å². The van der Waals surface area contributed by atoms with Crippen LogP contribution in [0.4, 0.5) is 5.82 Å². The molecule has 0 aliphatic carbocycles. The van der Waals surface area contributed by atoms with E-state index in [1.54, 1.807) is 6.20 Å². The van der Waals surface area contributed by atoms with Gasteiger partial charge in [-0.2, -0.15) is 4.31 Å². The van der Waals surface area contributed by atoms with E-state index in [9.17, 15) is 13.2 Å². The third-order valence-electron chi connectivity index (χ3n) is 5.48. The van der Waals surface area contributed by atoms with Gasteiger partial charge in [-0.15, -0.1) is 24.8 Å². The van der Waals surface area contributed by atoms with Crippen LogP contribution in [-0.2, 0) is 14.8 Å². The maximum atomic E-state index is 12.6. The monoisotopic (exact) mass is 469 g/mol. The lowest BCUT2D eigenvalue weighted by atomic mass is 9.81. The minimum Gasteiger partial charge on any atom is -0.355 e. The van der Waals surface area contributed by atoms with Gasteiger partial charge in [0.05, 0.1) is 11.2 Å². The smallest absolute Gasteiger partial charge is 0.227 e. The molecule has 11 heteroatoms. The highest BCUT2D eigenvalue weighted by Gasteiger charge is 2.33. The van der Waals surface area contributed by atoms with Crippen molar-refractivity contribution in [3.8, 4) is 0 Å². The van der Waals surface area contributed by atoms with Crippen LogP contribution in [0.5, 0.6) is 0 Å². The summed E-state index contributed by atoms with van der Waals surface area (Å²) >= 11 is 0. The number of sulfonamides is 1. The maximum Gasteiger partial charge on any atom is 0.227 e. The van der Waals surface area contributed by atoms with E-state index in [4.69, 9.17) is 5.73 Å². The average molecular weight is 470 g/mol. The van der Waals surface area contributed by atoms with Gasteiger partial charge < -0.3 is 16.0 Å². The van der Waals surface area contributed by atoms with E-state index in [0.717, 1.165) is 5.82 Å². The second kappa shape index (κ2) is 12.5. The normalized spacial score (nSPS) is 15.2. The molecular weight excluding hydrogens is 437 g/mol. The first-order chi connectivity index (χ1) is 12.9. The molecule has 1 fully saturated rings. The first-order valence-electron chi connectivity index (χ1n) is 9.50. The van der Waals surface area contributed by atoms with Crippen molar-refractivity contribution >= 4 is 46.6 Å². The molecule has 1 saturated heterocycles. The van der Waals surface area contributed by atoms with Gasteiger partial charge in [0, 0.05) is 45.5 Å². The predicted octanol–water partition coefficient (Wildman–Crippen LogP) is 1.26. The summed E-state index contributed by atoms with van der Waals surface area (Å²) in [4.78, 5) is 18.8. The molecule has 0 unspecified atom stereocenters. The third-order valence-corrected chi connectivity index (χ3v) is 7.35. The Labute approximate surface area is 186 Å². The molecule has 0 saturated carbocycles. The number of aromatic nitrogens is 1.